The van der Waals surface area contributed by atoms with Crippen molar-refractivity contribution in [1.29, 1.82) is 0 Å². The number of nitrogens with zero attached hydrogens (tertiary/aromatic N) is 1. The molecule has 1 spiro atoms. The molecule has 2 aliphatic heterocycles. The number of ether oxygens (including phenoxy) is 2. The van der Waals surface area contributed by atoms with E-state index in [4.69, 9.17) is 9.47 Å². The molecule has 1 amide bonds. The van der Waals surface area contributed by atoms with Crippen molar-refractivity contribution in [2.24, 2.45) is 0 Å². The molecule has 23 heavy (non-hydrogen) atoms. The number of hydrogen-bond donors (Lipinski definition) is 0. The van der Waals surface area contributed by atoms with E-state index in [0.717, 1.165) is 31.4 Å². The molecule has 5 heteroatoms. The van der Waals surface area contributed by atoms with Gasteiger partial charge in [-0.3, -0.25) is 4.79 Å². The largest absolute Gasteiger partial charge is 0.378 e. The summed E-state index contributed by atoms with van der Waals surface area (Å²) < 4.78 is 24.8. The van der Waals surface area contributed by atoms with E-state index in [0.29, 0.717) is 25.9 Å². The van der Waals surface area contributed by atoms with Crippen LogP contribution in [0.2, 0.25) is 0 Å². The molecule has 0 radical (unpaired) electrons. The first kappa shape index (κ1) is 16.4. The van der Waals surface area contributed by atoms with Crippen LogP contribution in [0.4, 0.5) is 4.39 Å². The van der Waals surface area contributed by atoms with Gasteiger partial charge in [0.05, 0.1) is 12.6 Å². The van der Waals surface area contributed by atoms with Crippen molar-refractivity contribution < 1.29 is 18.7 Å². The molecule has 0 N–H and O–H groups in total. The third-order valence-electron chi connectivity index (χ3n) is 4.99. The Morgan fingerprint density at radius 2 is 2.39 bits per heavy atom. The zero-order chi connectivity index (χ0) is 16.3. The minimum atomic E-state index is -0.332. The molecule has 0 aliphatic carbocycles. The molecule has 2 heterocycles. The van der Waals surface area contributed by atoms with E-state index in [1.54, 1.807) is 13.2 Å². The van der Waals surface area contributed by atoms with Gasteiger partial charge in [0, 0.05) is 26.7 Å². The molecule has 1 aromatic rings. The lowest BCUT2D eigenvalue weighted by Gasteiger charge is -2.44. The average molecular weight is 321 g/mol. The molecule has 2 saturated heterocycles. The Morgan fingerprint density at radius 1 is 1.52 bits per heavy atom. The van der Waals surface area contributed by atoms with Gasteiger partial charge in [-0.1, -0.05) is 12.1 Å². The maximum absolute atomic E-state index is 13.2. The summed E-state index contributed by atoms with van der Waals surface area (Å²) >= 11 is 0. The van der Waals surface area contributed by atoms with Gasteiger partial charge in [-0.15, -0.1) is 0 Å². The summed E-state index contributed by atoms with van der Waals surface area (Å²) in [5, 5.41) is 0. The quantitative estimate of drug-likeness (QED) is 0.855. The third-order valence-corrected chi connectivity index (χ3v) is 4.99. The maximum atomic E-state index is 13.2. The van der Waals surface area contributed by atoms with Crippen molar-refractivity contribution >= 4 is 5.91 Å². The lowest BCUT2D eigenvalue weighted by atomic mass is 9.86. The van der Waals surface area contributed by atoms with E-state index in [2.05, 4.69) is 0 Å². The van der Waals surface area contributed by atoms with E-state index in [1.807, 2.05) is 11.0 Å². The number of carbonyl (C=O) groups is 1. The van der Waals surface area contributed by atoms with Gasteiger partial charge in [0.15, 0.2) is 0 Å². The van der Waals surface area contributed by atoms with Crippen LogP contribution in [0.25, 0.3) is 0 Å². The van der Waals surface area contributed by atoms with Crippen molar-refractivity contribution in [2.75, 3.05) is 26.8 Å². The number of benzene rings is 1. The molecule has 0 aromatic heterocycles. The summed E-state index contributed by atoms with van der Waals surface area (Å²) in [4.78, 5) is 14.4. The Bertz CT molecular complexity index is 557. The molecule has 3 rings (SSSR count). The molecule has 2 aliphatic rings. The minimum Gasteiger partial charge on any atom is -0.378 e. The number of likely N-dealkylation sites (tertiary alicyclic amines) is 1. The standard InChI is InChI=1S/C18H24FNO3/c1-22-16-8-10-20(13-18(16)9-3-11-23-18)17(21)7-6-14-4-2-5-15(19)12-14/h2,4-5,12,16H,3,6-11,13H2,1H3/t16-,18-/m0/s1. The Labute approximate surface area is 136 Å². The first-order valence-electron chi connectivity index (χ1n) is 8.32. The number of rotatable bonds is 4. The van der Waals surface area contributed by atoms with Gasteiger partial charge in [0.25, 0.3) is 0 Å². The Hall–Kier alpha value is -1.46. The predicted octanol–water partition coefficient (Wildman–Crippen LogP) is 2.55. The third kappa shape index (κ3) is 3.56. The number of carbonyl (C=O) groups excluding carboxylic acids is 1. The highest BCUT2D eigenvalue weighted by Gasteiger charge is 2.48. The van der Waals surface area contributed by atoms with Crippen molar-refractivity contribution in [3.63, 3.8) is 0 Å². The van der Waals surface area contributed by atoms with Crippen molar-refractivity contribution in [3.05, 3.63) is 35.6 Å². The Balaban J connectivity index is 1.59. The molecule has 0 saturated carbocycles. The van der Waals surface area contributed by atoms with Gasteiger partial charge in [-0.2, -0.15) is 0 Å². The summed E-state index contributed by atoms with van der Waals surface area (Å²) in [7, 11) is 1.72. The van der Waals surface area contributed by atoms with E-state index in [9.17, 15) is 9.18 Å². The summed E-state index contributed by atoms with van der Waals surface area (Å²) in [5.74, 6) is -0.146. The van der Waals surface area contributed by atoms with Crippen LogP contribution in [-0.2, 0) is 20.7 Å². The number of halogens is 1. The summed E-state index contributed by atoms with van der Waals surface area (Å²) in [6, 6.07) is 6.45. The second kappa shape index (κ2) is 6.97. The Morgan fingerprint density at radius 3 is 3.09 bits per heavy atom. The lowest BCUT2D eigenvalue weighted by molar-refractivity contribution is -0.160. The normalized spacial score (nSPS) is 27.6. The van der Waals surface area contributed by atoms with E-state index < -0.39 is 0 Å². The molecular weight excluding hydrogens is 297 g/mol. The highest BCUT2D eigenvalue weighted by atomic mass is 19.1. The van der Waals surface area contributed by atoms with Crippen LogP contribution in [0.3, 0.4) is 0 Å². The van der Waals surface area contributed by atoms with Gasteiger partial charge in [0.2, 0.25) is 5.91 Å². The molecule has 4 nitrogen and oxygen atoms in total. The van der Waals surface area contributed by atoms with Crippen LogP contribution >= 0.6 is 0 Å². The maximum Gasteiger partial charge on any atom is 0.223 e. The zero-order valence-corrected chi connectivity index (χ0v) is 13.6. The van der Waals surface area contributed by atoms with E-state index in [1.165, 1.54) is 12.1 Å². The van der Waals surface area contributed by atoms with Gasteiger partial charge < -0.3 is 14.4 Å². The SMILES string of the molecule is CO[C@H]1CCN(C(=O)CCc2cccc(F)c2)C[C@@]12CCCO2. The van der Waals surface area contributed by atoms with Crippen molar-refractivity contribution in [1.82, 2.24) is 4.90 Å². The number of amides is 1. The number of hydrogen-bond acceptors (Lipinski definition) is 3. The fourth-order valence-electron chi connectivity index (χ4n) is 3.79. The highest BCUT2D eigenvalue weighted by molar-refractivity contribution is 5.76. The number of aryl methyl sites for hydroxylation is 1. The first-order chi connectivity index (χ1) is 11.1. The predicted molar refractivity (Wildman–Crippen MR) is 84.6 cm³/mol. The second-order valence-corrected chi connectivity index (χ2v) is 6.48. The molecule has 0 unspecified atom stereocenters. The molecule has 1 aromatic carbocycles. The molecule has 0 bridgehead atoms. The second-order valence-electron chi connectivity index (χ2n) is 6.48. The minimum absolute atomic E-state index is 0.0669. The summed E-state index contributed by atoms with van der Waals surface area (Å²) in [6.07, 6.45) is 3.80. The topological polar surface area (TPSA) is 38.8 Å². The molecule has 126 valence electrons. The van der Waals surface area contributed by atoms with Crippen LogP contribution < -0.4 is 0 Å². The fraction of sp³-hybridized carbons (Fsp3) is 0.611. The highest BCUT2D eigenvalue weighted by Crippen LogP contribution is 2.36. The van der Waals surface area contributed by atoms with E-state index >= 15 is 0 Å². The fourth-order valence-corrected chi connectivity index (χ4v) is 3.79. The van der Waals surface area contributed by atoms with Crippen LogP contribution in [0.15, 0.2) is 24.3 Å². The lowest BCUT2D eigenvalue weighted by Crippen LogP contribution is -2.58. The zero-order valence-electron chi connectivity index (χ0n) is 13.6. The van der Waals surface area contributed by atoms with Crippen molar-refractivity contribution in [2.45, 2.75) is 43.8 Å². The smallest absolute Gasteiger partial charge is 0.223 e. The first-order valence-corrected chi connectivity index (χ1v) is 8.32. The molecular formula is C18H24FNO3. The van der Waals surface area contributed by atoms with Gasteiger partial charge >= 0.3 is 0 Å². The molecule has 2 atom stereocenters. The monoisotopic (exact) mass is 321 g/mol. The van der Waals surface area contributed by atoms with E-state index in [-0.39, 0.29) is 23.4 Å². The van der Waals surface area contributed by atoms with Gasteiger partial charge in [-0.25, -0.2) is 4.39 Å². The van der Waals surface area contributed by atoms with Crippen LogP contribution in [0.1, 0.15) is 31.2 Å². The molecule has 2 fully saturated rings. The van der Waals surface area contributed by atoms with Crippen LogP contribution in [-0.4, -0.2) is 49.3 Å². The van der Waals surface area contributed by atoms with Crippen molar-refractivity contribution in [3.8, 4) is 0 Å². The van der Waals surface area contributed by atoms with Crippen LogP contribution in [0, 0.1) is 5.82 Å². The summed E-state index contributed by atoms with van der Waals surface area (Å²) in [5.41, 5.74) is 0.526. The van der Waals surface area contributed by atoms with Gasteiger partial charge in [-0.05, 0) is 43.4 Å². The average Bonchev–Trinajstić information content (AvgIpc) is 3.01. The summed E-state index contributed by atoms with van der Waals surface area (Å²) in [6.45, 7) is 2.05. The number of methoxy groups -OCH3 is 1. The number of piperidine rings is 1. The van der Waals surface area contributed by atoms with Crippen LogP contribution in [0.5, 0.6) is 0 Å². The Kier molecular flexibility index (Phi) is 4.97. The van der Waals surface area contributed by atoms with Gasteiger partial charge in [0.1, 0.15) is 11.4 Å².